The number of nitrogen functional groups attached to an aromatic ring is 1. The van der Waals surface area contributed by atoms with E-state index in [1.165, 1.54) is 11.3 Å². The predicted octanol–water partition coefficient (Wildman–Crippen LogP) is 2.40. The molecule has 0 atom stereocenters. The van der Waals surface area contributed by atoms with Crippen molar-refractivity contribution in [3.05, 3.63) is 45.7 Å². The lowest BCUT2D eigenvalue weighted by Crippen LogP contribution is -2.24. The highest BCUT2D eigenvalue weighted by atomic mass is 32.2. The van der Waals surface area contributed by atoms with Crippen molar-refractivity contribution in [1.29, 1.82) is 0 Å². The highest BCUT2D eigenvalue weighted by Crippen LogP contribution is 2.21. The minimum absolute atomic E-state index is 0.0361. The Bertz CT molecular complexity index is 742. The van der Waals surface area contributed by atoms with Crippen LogP contribution in [-0.4, -0.2) is 8.42 Å². The zero-order valence-electron chi connectivity index (χ0n) is 10.5. The van der Waals surface area contributed by atoms with Crippen LogP contribution in [0.25, 0.3) is 0 Å². The minimum atomic E-state index is -4.09. The van der Waals surface area contributed by atoms with Gasteiger partial charge >= 0.3 is 0 Å². The Hall–Kier alpha value is -1.51. The van der Waals surface area contributed by atoms with Gasteiger partial charge in [0.1, 0.15) is 16.5 Å². The van der Waals surface area contributed by atoms with Crippen molar-refractivity contribution in [1.82, 2.24) is 4.72 Å². The molecule has 1 heterocycles. The highest BCUT2D eigenvalue weighted by molar-refractivity contribution is 7.89. The molecule has 0 amide bonds. The molecule has 0 radical (unpaired) electrons. The first-order chi connectivity index (χ1) is 9.31. The number of aryl methyl sites for hydroxylation is 1. The fraction of sp³-hybridized carbons (Fsp3) is 0.167. The predicted molar refractivity (Wildman–Crippen MR) is 73.9 cm³/mol. The van der Waals surface area contributed by atoms with Gasteiger partial charge < -0.3 is 5.73 Å². The Balaban J connectivity index is 2.27. The van der Waals surface area contributed by atoms with Crippen LogP contribution >= 0.6 is 11.3 Å². The summed E-state index contributed by atoms with van der Waals surface area (Å²) in [7, 11) is -4.09. The van der Waals surface area contributed by atoms with Crippen LogP contribution in [0.5, 0.6) is 0 Å². The first kappa shape index (κ1) is 14.9. The van der Waals surface area contributed by atoms with Gasteiger partial charge in [-0.15, -0.1) is 0 Å². The van der Waals surface area contributed by atoms with Crippen molar-refractivity contribution < 1.29 is 17.2 Å². The summed E-state index contributed by atoms with van der Waals surface area (Å²) in [5.74, 6) is -2.17. The first-order valence-electron chi connectivity index (χ1n) is 5.57. The lowest BCUT2D eigenvalue weighted by Gasteiger charge is -2.09. The zero-order chi connectivity index (χ0) is 14.9. The van der Waals surface area contributed by atoms with Crippen molar-refractivity contribution in [2.45, 2.75) is 18.4 Å². The Labute approximate surface area is 119 Å². The molecule has 0 unspecified atom stereocenters. The van der Waals surface area contributed by atoms with Crippen LogP contribution < -0.4 is 10.5 Å². The van der Waals surface area contributed by atoms with Crippen molar-refractivity contribution in [2.24, 2.45) is 0 Å². The van der Waals surface area contributed by atoms with Gasteiger partial charge in [-0.1, -0.05) is 0 Å². The molecular formula is C12H12F2N2O2S2. The summed E-state index contributed by atoms with van der Waals surface area (Å²) in [6.07, 6.45) is 0. The number of hydrogen-bond donors (Lipinski definition) is 2. The molecule has 0 spiro atoms. The van der Waals surface area contributed by atoms with Crippen molar-refractivity contribution in [3.8, 4) is 0 Å². The molecule has 0 aliphatic rings. The molecule has 108 valence electrons. The molecule has 0 saturated carbocycles. The molecule has 1 aromatic heterocycles. The molecular weight excluding hydrogens is 306 g/mol. The number of nitrogens with one attached hydrogen (secondary N) is 1. The van der Waals surface area contributed by atoms with Gasteiger partial charge in [0.05, 0.1) is 5.69 Å². The molecule has 0 aliphatic heterocycles. The summed E-state index contributed by atoms with van der Waals surface area (Å²) in [6, 6.07) is 1.23. The van der Waals surface area contributed by atoms with E-state index in [-0.39, 0.29) is 6.54 Å². The van der Waals surface area contributed by atoms with E-state index in [0.717, 1.165) is 17.2 Å². The number of sulfonamides is 1. The Kier molecular flexibility index (Phi) is 4.07. The van der Waals surface area contributed by atoms with Gasteiger partial charge in [0.2, 0.25) is 10.0 Å². The molecule has 3 N–H and O–H groups in total. The molecule has 20 heavy (non-hydrogen) atoms. The van der Waals surface area contributed by atoms with Crippen LogP contribution in [0.3, 0.4) is 0 Å². The number of thiophene rings is 1. The van der Waals surface area contributed by atoms with E-state index in [2.05, 4.69) is 4.72 Å². The maximum atomic E-state index is 13.6. The van der Waals surface area contributed by atoms with E-state index in [4.69, 9.17) is 5.73 Å². The Morgan fingerprint density at radius 3 is 2.55 bits per heavy atom. The standard InChI is InChI=1S/C12H12F2N2O2S2/c1-7-5-19-6-8(7)4-16-20(17,18)12-3-11(15)9(13)2-10(12)14/h2-3,5-6,16H,4,15H2,1H3. The summed E-state index contributed by atoms with van der Waals surface area (Å²) in [6.45, 7) is 1.88. The highest BCUT2D eigenvalue weighted by Gasteiger charge is 2.21. The molecule has 0 aliphatic carbocycles. The van der Waals surface area contributed by atoms with Gasteiger partial charge in [0.15, 0.2) is 0 Å². The second-order valence-corrected chi connectivity index (χ2v) is 6.69. The maximum Gasteiger partial charge on any atom is 0.243 e. The van der Waals surface area contributed by atoms with Gasteiger partial charge in [0.25, 0.3) is 0 Å². The maximum absolute atomic E-state index is 13.6. The Morgan fingerprint density at radius 1 is 1.25 bits per heavy atom. The van der Waals surface area contributed by atoms with E-state index in [0.29, 0.717) is 6.07 Å². The lowest BCUT2D eigenvalue weighted by atomic mass is 10.2. The summed E-state index contributed by atoms with van der Waals surface area (Å²) in [5, 5.41) is 3.67. The summed E-state index contributed by atoms with van der Waals surface area (Å²) >= 11 is 1.44. The second-order valence-electron chi connectivity index (χ2n) is 4.21. The molecule has 2 rings (SSSR count). The van der Waals surface area contributed by atoms with E-state index >= 15 is 0 Å². The molecule has 0 saturated heterocycles. The quantitative estimate of drug-likeness (QED) is 0.850. The van der Waals surface area contributed by atoms with E-state index in [1.807, 2.05) is 12.3 Å². The third-order valence-electron chi connectivity index (χ3n) is 2.75. The fourth-order valence-electron chi connectivity index (χ4n) is 1.57. The van der Waals surface area contributed by atoms with Crippen LogP contribution in [0.4, 0.5) is 14.5 Å². The lowest BCUT2D eigenvalue weighted by molar-refractivity contribution is 0.544. The van der Waals surface area contributed by atoms with Crippen LogP contribution in [0, 0.1) is 18.6 Å². The third-order valence-corrected chi connectivity index (χ3v) is 5.08. The second kappa shape index (κ2) is 5.47. The number of benzene rings is 1. The van der Waals surface area contributed by atoms with E-state index < -0.39 is 32.2 Å². The summed E-state index contributed by atoms with van der Waals surface area (Å²) in [5.41, 5.74) is 6.59. The molecule has 2 aromatic rings. The van der Waals surface area contributed by atoms with Gasteiger partial charge in [-0.25, -0.2) is 21.9 Å². The average molecular weight is 318 g/mol. The molecule has 1 aromatic carbocycles. The fourth-order valence-corrected chi connectivity index (χ4v) is 3.53. The Morgan fingerprint density at radius 2 is 1.95 bits per heavy atom. The topological polar surface area (TPSA) is 72.2 Å². The number of hydrogen-bond acceptors (Lipinski definition) is 4. The minimum Gasteiger partial charge on any atom is -0.396 e. The number of rotatable bonds is 4. The average Bonchev–Trinajstić information content (AvgIpc) is 2.77. The first-order valence-corrected chi connectivity index (χ1v) is 7.99. The molecule has 0 fully saturated rings. The molecule has 4 nitrogen and oxygen atoms in total. The van der Waals surface area contributed by atoms with Gasteiger partial charge in [0, 0.05) is 12.6 Å². The van der Waals surface area contributed by atoms with E-state index in [9.17, 15) is 17.2 Å². The summed E-state index contributed by atoms with van der Waals surface area (Å²) < 4.78 is 52.9. The van der Waals surface area contributed by atoms with Crippen LogP contribution in [-0.2, 0) is 16.6 Å². The van der Waals surface area contributed by atoms with Gasteiger partial charge in [-0.05, 0) is 34.9 Å². The zero-order valence-corrected chi connectivity index (χ0v) is 12.1. The van der Waals surface area contributed by atoms with Crippen molar-refractivity contribution in [3.63, 3.8) is 0 Å². The molecule has 0 bridgehead atoms. The SMILES string of the molecule is Cc1cscc1CNS(=O)(=O)c1cc(N)c(F)cc1F. The summed E-state index contributed by atoms with van der Waals surface area (Å²) in [4.78, 5) is -0.663. The van der Waals surface area contributed by atoms with Crippen LogP contribution in [0.15, 0.2) is 27.8 Å². The number of nitrogens with two attached hydrogens (primary N) is 1. The van der Waals surface area contributed by atoms with Gasteiger partial charge in [-0.3, -0.25) is 0 Å². The van der Waals surface area contributed by atoms with Crippen LogP contribution in [0.2, 0.25) is 0 Å². The number of anilines is 1. The normalized spacial score (nSPS) is 11.8. The molecule has 8 heteroatoms. The number of halogens is 2. The van der Waals surface area contributed by atoms with Crippen LogP contribution in [0.1, 0.15) is 11.1 Å². The largest absolute Gasteiger partial charge is 0.396 e. The smallest absolute Gasteiger partial charge is 0.243 e. The van der Waals surface area contributed by atoms with E-state index in [1.54, 1.807) is 5.38 Å². The monoisotopic (exact) mass is 318 g/mol. The van der Waals surface area contributed by atoms with Crippen molar-refractivity contribution >= 4 is 27.0 Å². The van der Waals surface area contributed by atoms with Gasteiger partial charge in [-0.2, -0.15) is 11.3 Å². The van der Waals surface area contributed by atoms with Crippen molar-refractivity contribution in [2.75, 3.05) is 5.73 Å². The third kappa shape index (κ3) is 2.97.